The first kappa shape index (κ1) is 13.4. The van der Waals surface area contributed by atoms with Gasteiger partial charge in [-0.05, 0) is 24.6 Å². The second-order valence-electron chi connectivity index (χ2n) is 4.58. The number of anilines is 1. The zero-order valence-corrected chi connectivity index (χ0v) is 11.3. The molecule has 1 aromatic heterocycles. The Labute approximate surface area is 113 Å². The van der Waals surface area contributed by atoms with Crippen molar-refractivity contribution >= 4 is 5.82 Å². The molecule has 0 aliphatic rings. The van der Waals surface area contributed by atoms with Crippen LogP contribution in [0.1, 0.15) is 12.5 Å². The topological polar surface area (TPSA) is 60.2 Å². The molecule has 0 spiro atoms. The summed E-state index contributed by atoms with van der Waals surface area (Å²) in [7, 11) is 1.63. The van der Waals surface area contributed by atoms with Gasteiger partial charge in [0.1, 0.15) is 0 Å². The highest BCUT2D eigenvalue weighted by Crippen LogP contribution is 2.29. The second-order valence-corrected chi connectivity index (χ2v) is 4.58. The predicted molar refractivity (Wildman–Crippen MR) is 77.3 cm³/mol. The van der Waals surface area contributed by atoms with E-state index in [1.165, 1.54) is 0 Å². The number of benzene rings is 1. The van der Waals surface area contributed by atoms with Gasteiger partial charge in [0.05, 0.1) is 12.6 Å². The number of aromatic nitrogens is 1. The van der Waals surface area contributed by atoms with Crippen LogP contribution in [0.3, 0.4) is 0 Å². The van der Waals surface area contributed by atoms with Crippen LogP contribution in [-0.2, 0) is 5.54 Å². The van der Waals surface area contributed by atoms with Crippen molar-refractivity contribution in [3.8, 4) is 5.75 Å². The van der Waals surface area contributed by atoms with E-state index in [1.54, 1.807) is 13.3 Å². The van der Waals surface area contributed by atoms with Crippen molar-refractivity contribution in [2.45, 2.75) is 12.5 Å². The van der Waals surface area contributed by atoms with Gasteiger partial charge >= 0.3 is 0 Å². The maximum Gasteiger partial charge on any atom is 0.169 e. The molecule has 0 aliphatic carbocycles. The molecule has 0 bridgehead atoms. The van der Waals surface area contributed by atoms with Crippen molar-refractivity contribution in [2.75, 3.05) is 19.0 Å². The van der Waals surface area contributed by atoms with Crippen molar-refractivity contribution < 1.29 is 4.74 Å². The first-order valence-electron chi connectivity index (χ1n) is 6.22. The zero-order chi connectivity index (χ0) is 13.7. The third-order valence-corrected chi connectivity index (χ3v) is 3.20. The van der Waals surface area contributed by atoms with Gasteiger partial charge in [-0.15, -0.1) is 0 Å². The number of pyridine rings is 1. The van der Waals surface area contributed by atoms with Gasteiger partial charge in [0, 0.05) is 12.7 Å². The molecule has 2 aromatic rings. The highest BCUT2D eigenvalue weighted by atomic mass is 16.5. The Balaban J connectivity index is 2.33. The Morgan fingerprint density at radius 2 is 1.95 bits per heavy atom. The summed E-state index contributed by atoms with van der Waals surface area (Å²) in [6, 6.07) is 13.8. The fourth-order valence-electron chi connectivity index (χ4n) is 1.96. The fraction of sp³-hybridized carbons (Fsp3) is 0.267. The molecule has 0 amide bonds. The molecule has 19 heavy (non-hydrogen) atoms. The molecule has 100 valence electrons. The van der Waals surface area contributed by atoms with E-state index in [0.29, 0.717) is 18.1 Å². The summed E-state index contributed by atoms with van der Waals surface area (Å²) in [5.74, 6) is 1.40. The van der Waals surface area contributed by atoms with E-state index < -0.39 is 0 Å². The monoisotopic (exact) mass is 257 g/mol. The highest BCUT2D eigenvalue weighted by molar-refractivity contribution is 5.52. The Bertz CT molecular complexity index is 530. The van der Waals surface area contributed by atoms with Crippen LogP contribution in [0.2, 0.25) is 0 Å². The van der Waals surface area contributed by atoms with E-state index >= 15 is 0 Å². The summed E-state index contributed by atoms with van der Waals surface area (Å²) >= 11 is 0. The summed E-state index contributed by atoms with van der Waals surface area (Å²) in [4.78, 5) is 4.32. The molecular weight excluding hydrogens is 238 g/mol. The Kier molecular flexibility index (Phi) is 4.02. The van der Waals surface area contributed by atoms with Crippen LogP contribution in [0.25, 0.3) is 0 Å². The minimum absolute atomic E-state index is 0.386. The molecule has 1 atom stereocenters. The largest absolute Gasteiger partial charge is 0.493 e. The number of nitrogens with one attached hydrogen (secondary N) is 1. The number of rotatable bonds is 5. The fourth-order valence-corrected chi connectivity index (χ4v) is 1.96. The second kappa shape index (κ2) is 5.71. The minimum atomic E-state index is -0.386. The number of ether oxygens (including phenoxy) is 1. The van der Waals surface area contributed by atoms with Gasteiger partial charge in [-0.25, -0.2) is 4.98 Å². The standard InChI is InChI=1S/C15H19N3O/c1-15(11-16,12-7-4-3-5-8-12)18-14-13(19-2)9-6-10-17-14/h3-10H,11,16H2,1-2H3,(H,17,18). The zero-order valence-electron chi connectivity index (χ0n) is 11.3. The molecule has 0 radical (unpaired) electrons. The smallest absolute Gasteiger partial charge is 0.169 e. The van der Waals surface area contributed by atoms with Crippen LogP contribution >= 0.6 is 0 Å². The van der Waals surface area contributed by atoms with Gasteiger partial charge in [0.25, 0.3) is 0 Å². The summed E-state index contributed by atoms with van der Waals surface area (Å²) in [5, 5.41) is 3.38. The first-order chi connectivity index (χ1) is 9.19. The van der Waals surface area contributed by atoms with E-state index in [0.717, 1.165) is 5.56 Å². The van der Waals surface area contributed by atoms with Crippen molar-refractivity contribution in [2.24, 2.45) is 5.73 Å². The van der Waals surface area contributed by atoms with E-state index in [4.69, 9.17) is 10.5 Å². The van der Waals surface area contributed by atoms with Gasteiger partial charge in [-0.3, -0.25) is 0 Å². The number of nitrogens with two attached hydrogens (primary N) is 1. The van der Waals surface area contributed by atoms with E-state index in [-0.39, 0.29) is 5.54 Å². The summed E-state index contributed by atoms with van der Waals surface area (Å²) in [6.45, 7) is 2.51. The lowest BCUT2D eigenvalue weighted by Crippen LogP contribution is -2.40. The number of hydrogen-bond acceptors (Lipinski definition) is 4. The maximum absolute atomic E-state index is 5.95. The number of hydrogen-bond donors (Lipinski definition) is 2. The van der Waals surface area contributed by atoms with Gasteiger partial charge in [0.15, 0.2) is 11.6 Å². The van der Waals surface area contributed by atoms with Crippen LogP contribution in [0, 0.1) is 0 Å². The Morgan fingerprint density at radius 1 is 1.21 bits per heavy atom. The van der Waals surface area contributed by atoms with Crippen LogP contribution < -0.4 is 15.8 Å². The third-order valence-electron chi connectivity index (χ3n) is 3.20. The van der Waals surface area contributed by atoms with Gasteiger partial charge in [0.2, 0.25) is 0 Å². The lowest BCUT2D eigenvalue weighted by atomic mass is 9.92. The average Bonchev–Trinajstić information content (AvgIpc) is 2.48. The van der Waals surface area contributed by atoms with Gasteiger partial charge in [-0.1, -0.05) is 30.3 Å². The van der Waals surface area contributed by atoms with Gasteiger partial charge in [-0.2, -0.15) is 0 Å². The quantitative estimate of drug-likeness (QED) is 0.863. The van der Waals surface area contributed by atoms with Crippen LogP contribution in [-0.4, -0.2) is 18.6 Å². The third kappa shape index (κ3) is 2.85. The van der Waals surface area contributed by atoms with Crippen LogP contribution in [0.4, 0.5) is 5.82 Å². The highest BCUT2D eigenvalue weighted by Gasteiger charge is 2.26. The summed E-state index contributed by atoms with van der Waals surface area (Å²) in [5.41, 5.74) is 6.68. The lowest BCUT2D eigenvalue weighted by Gasteiger charge is -2.31. The SMILES string of the molecule is COc1cccnc1NC(C)(CN)c1ccccc1. The van der Waals surface area contributed by atoms with Crippen molar-refractivity contribution in [1.29, 1.82) is 0 Å². The normalized spacial score (nSPS) is 13.6. The molecular formula is C15H19N3O. The maximum atomic E-state index is 5.95. The molecule has 0 saturated heterocycles. The predicted octanol–water partition coefficient (Wildman–Crippen LogP) is 2.38. The molecule has 4 heteroatoms. The van der Waals surface area contributed by atoms with Crippen molar-refractivity contribution in [3.63, 3.8) is 0 Å². The Hall–Kier alpha value is -2.07. The van der Waals surface area contributed by atoms with Crippen molar-refractivity contribution in [3.05, 3.63) is 54.2 Å². The number of nitrogens with zero attached hydrogens (tertiary/aromatic N) is 1. The molecule has 1 aromatic carbocycles. The molecule has 3 N–H and O–H groups in total. The first-order valence-corrected chi connectivity index (χ1v) is 6.22. The average molecular weight is 257 g/mol. The molecule has 2 rings (SSSR count). The van der Waals surface area contributed by atoms with Crippen LogP contribution in [0.5, 0.6) is 5.75 Å². The van der Waals surface area contributed by atoms with E-state index in [1.807, 2.05) is 30.3 Å². The molecule has 1 heterocycles. The van der Waals surface area contributed by atoms with Gasteiger partial charge < -0.3 is 15.8 Å². The summed E-state index contributed by atoms with van der Waals surface area (Å²) < 4.78 is 5.31. The molecule has 4 nitrogen and oxygen atoms in total. The summed E-state index contributed by atoms with van der Waals surface area (Å²) in [6.07, 6.45) is 1.73. The molecule has 1 unspecified atom stereocenters. The molecule has 0 aliphatic heterocycles. The number of methoxy groups -OCH3 is 1. The molecule has 0 saturated carbocycles. The van der Waals surface area contributed by atoms with Crippen LogP contribution in [0.15, 0.2) is 48.7 Å². The molecule has 0 fully saturated rings. The Morgan fingerprint density at radius 3 is 2.58 bits per heavy atom. The lowest BCUT2D eigenvalue weighted by molar-refractivity contribution is 0.412. The minimum Gasteiger partial charge on any atom is -0.493 e. The van der Waals surface area contributed by atoms with E-state index in [9.17, 15) is 0 Å². The van der Waals surface area contributed by atoms with Crippen molar-refractivity contribution in [1.82, 2.24) is 4.98 Å². The van der Waals surface area contributed by atoms with E-state index in [2.05, 4.69) is 29.4 Å².